The zero-order valence-electron chi connectivity index (χ0n) is 19.2. The van der Waals surface area contributed by atoms with Crippen molar-refractivity contribution in [3.8, 4) is 11.3 Å². The summed E-state index contributed by atoms with van der Waals surface area (Å²) in [6, 6.07) is 14.7. The zero-order valence-corrected chi connectivity index (χ0v) is 20.0. The van der Waals surface area contributed by atoms with Crippen LogP contribution in [0.15, 0.2) is 76.4 Å². The number of pyridine rings is 1. The molecule has 0 aliphatic heterocycles. The molecule has 0 unspecified atom stereocenters. The molecule has 2 heterocycles. The van der Waals surface area contributed by atoms with Gasteiger partial charge in [-0.25, -0.2) is 26.3 Å². The van der Waals surface area contributed by atoms with Crippen molar-refractivity contribution in [1.29, 1.82) is 0 Å². The Morgan fingerprint density at radius 3 is 2.35 bits per heavy atom. The lowest BCUT2D eigenvalue weighted by Crippen LogP contribution is -2.43. The van der Waals surface area contributed by atoms with E-state index in [1.165, 1.54) is 36.4 Å². The van der Waals surface area contributed by atoms with Crippen molar-refractivity contribution in [3.05, 3.63) is 100 Å². The number of hydrogen-bond donors (Lipinski definition) is 3. The highest BCUT2D eigenvalue weighted by atomic mass is 32.2. The first-order chi connectivity index (χ1) is 17.7. The summed E-state index contributed by atoms with van der Waals surface area (Å²) in [6.45, 7) is 0. The SMILES string of the molecule is O=c1ccc2cc(S(=O)(=O)N[C@H]3C[C@H](c4c(-c5ccc(F)cc5)[nH]c5c(F)cc(F)cc54)C3)ccc2[nH]1. The third kappa shape index (κ3) is 4.21. The van der Waals surface area contributed by atoms with Crippen LogP contribution in [0.3, 0.4) is 0 Å². The number of rotatable bonds is 5. The van der Waals surface area contributed by atoms with E-state index >= 15 is 0 Å². The maximum absolute atomic E-state index is 14.6. The lowest BCUT2D eigenvalue weighted by atomic mass is 9.74. The molecular weight excluding hydrogens is 503 g/mol. The standard InChI is InChI=1S/C27H20F3N3O3S/c28-17-4-1-14(2-5-17)26-25(21-12-18(29)13-22(30)27(21)32-26)16-9-19(10-16)33-37(35,36)20-6-7-23-15(11-20)3-8-24(34)31-23/h1-8,11-13,16,19,32-33H,9-10H2,(H,31,34)/t16-,19-. The Balaban J connectivity index is 1.29. The van der Waals surface area contributed by atoms with Crippen molar-refractivity contribution in [2.75, 3.05) is 0 Å². The molecule has 0 spiro atoms. The molecular formula is C27H20F3N3O3S. The van der Waals surface area contributed by atoms with Crippen LogP contribution in [-0.4, -0.2) is 24.4 Å². The van der Waals surface area contributed by atoms with E-state index in [0.29, 0.717) is 46.0 Å². The molecule has 10 heteroatoms. The Labute approximate surface area is 209 Å². The Hall–Kier alpha value is -3.89. The predicted octanol–water partition coefficient (Wildman–Crippen LogP) is 5.32. The average Bonchev–Trinajstić information content (AvgIpc) is 3.20. The fraction of sp³-hybridized carbons (Fsp3) is 0.148. The number of H-pyrrole nitrogens is 2. The normalized spacial score (nSPS) is 17.8. The molecule has 6 rings (SSSR count). The third-order valence-electron chi connectivity index (χ3n) is 6.87. The number of nitrogens with one attached hydrogen (secondary N) is 3. The minimum absolute atomic E-state index is 0.0683. The molecule has 1 aliphatic rings. The highest BCUT2D eigenvalue weighted by molar-refractivity contribution is 7.89. The number of hydrogen-bond acceptors (Lipinski definition) is 3. The van der Waals surface area contributed by atoms with Crippen molar-refractivity contribution in [1.82, 2.24) is 14.7 Å². The largest absolute Gasteiger partial charge is 0.352 e. The first-order valence-corrected chi connectivity index (χ1v) is 13.1. The molecule has 0 atom stereocenters. The van der Waals surface area contributed by atoms with Gasteiger partial charge in [0.15, 0.2) is 0 Å². The van der Waals surface area contributed by atoms with E-state index in [2.05, 4.69) is 14.7 Å². The van der Waals surface area contributed by atoms with Gasteiger partial charge in [0, 0.05) is 29.1 Å². The van der Waals surface area contributed by atoms with Gasteiger partial charge in [0.2, 0.25) is 15.6 Å². The van der Waals surface area contributed by atoms with Crippen LogP contribution in [0.2, 0.25) is 0 Å². The quantitative estimate of drug-likeness (QED) is 0.291. The molecule has 188 valence electrons. The second kappa shape index (κ2) is 8.60. The van der Waals surface area contributed by atoms with Crippen LogP contribution in [0.4, 0.5) is 13.2 Å². The van der Waals surface area contributed by atoms with Crippen LogP contribution in [0.1, 0.15) is 24.3 Å². The van der Waals surface area contributed by atoms with Crippen molar-refractivity contribution in [2.45, 2.75) is 29.7 Å². The van der Waals surface area contributed by atoms with E-state index in [1.54, 1.807) is 24.3 Å². The van der Waals surface area contributed by atoms with Crippen molar-refractivity contribution >= 4 is 31.8 Å². The van der Waals surface area contributed by atoms with Gasteiger partial charge >= 0.3 is 0 Å². The summed E-state index contributed by atoms with van der Waals surface area (Å²) in [6.07, 6.45) is 0.832. The van der Waals surface area contributed by atoms with Crippen LogP contribution in [0, 0.1) is 17.5 Å². The average molecular weight is 524 g/mol. The Morgan fingerprint density at radius 1 is 0.838 bits per heavy atom. The van der Waals surface area contributed by atoms with E-state index in [1.807, 2.05) is 0 Å². The highest BCUT2D eigenvalue weighted by Crippen LogP contribution is 2.46. The lowest BCUT2D eigenvalue weighted by molar-refractivity contribution is 0.328. The summed E-state index contributed by atoms with van der Waals surface area (Å²) < 4.78 is 71.0. The first-order valence-electron chi connectivity index (χ1n) is 11.6. The number of halogens is 3. The van der Waals surface area contributed by atoms with E-state index in [4.69, 9.17) is 0 Å². The van der Waals surface area contributed by atoms with Gasteiger partial charge in [-0.3, -0.25) is 4.79 Å². The van der Waals surface area contributed by atoms with Crippen LogP contribution in [0.25, 0.3) is 33.1 Å². The Morgan fingerprint density at radius 2 is 1.59 bits per heavy atom. The topological polar surface area (TPSA) is 94.8 Å². The molecule has 0 amide bonds. The molecule has 1 aliphatic carbocycles. The Kier molecular flexibility index (Phi) is 5.46. The molecule has 0 bridgehead atoms. The smallest absolute Gasteiger partial charge is 0.248 e. The maximum Gasteiger partial charge on any atom is 0.248 e. The second-order valence-corrected chi connectivity index (χ2v) is 11.0. The predicted molar refractivity (Wildman–Crippen MR) is 134 cm³/mol. The maximum atomic E-state index is 14.6. The van der Waals surface area contributed by atoms with Gasteiger partial charge < -0.3 is 9.97 Å². The fourth-order valence-electron chi connectivity index (χ4n) is 5.05. The van der Waals surface area contributed by atoms with Crippen LogP contribution < -0.4 is 10.3 Å². The fourth-order valence-corrected chi connectivity index (χ4v) is 6.34. The van der Waals surface area contributed by atoms with E-state index < -0.39 is 27.5 Å². The molecule has 1 fully saturated rings. The molecule has 3 N–H and O–H groups in total. The molecule has 5 aromatic rings. The monoisotopic (exact) mass is 523 g/mol. The number of benzene rings is 3. The minimum atomic E-state index is -3.85. The van der Waals surface area contributed by atoms with Crippen molar-refractivity contribution in [3.63, 3.8) is 0 Å². The number of sulfonamides is 1. The van der Waals surface area contributed by atoms with Gasteiger partial charge in [-0.2, -0.15) is 0 Å². The molecule has 1 saturated carbocycles. The van der Waals surface area contributed by atoms with Gasteiger partial charge in [-0.15, -0.1) is 0 Å². The lowest BCUT2D eigenvalue weighted by Gasteiger charge is -2.36. The Bertz CT molecular complexity index is 1840. The first kappa shape index (κ1) is 23.5. The van der Waals surface area contributed by atoms with Crippen molar-refractivity contribution in [2.24, 2.45) is 0 Å². The van der Waals surface area contributed by atoms with Gasteiger partial charge in [0.1, 0.15) is 17.5 Å². The van der Waals surface area contributed by atoms with Gasteiger partial charge in [0.25, 0.3) is 0 Å². The molecule has 0 saturated heterocycles. The minimum Gasteiger partial charge on any atom is -0.352 e. The van der Waals surface area contributed by atoms with Crippen LogP contribution in [-0.2, 0) is 10.0 Å². The summed E-state index contributed by atoms with van der Waals surface area (Å²) in [7, 11) is -3.85. The summed E-state index contributed by atoms with van der Waals surface area (Å²) in [5.74, 6) is -2.05. The summed E-state index contributed by atoms with van der Waals surface area (Å²) in [4.78, 5) is 17.2. The van der Waals surface area contributed by atoms with E-state index in [9.17, 15) is 26.4 Å². The zero-order chi connectivity index (χ0) is 25.9. The molecule has 2 aromatic heterocycles. The molecule has 0 radical (unpaired) electrons. The second-order valence-electron chi connectivity index (χ2n) is 9.29. The van der Waals surface area contributed by atoms with Crippen molar-refractivity contribution < 1.29 is 21.6 Å². The van der Waals surface area contributed by atoms with Gasteiger partial charge in [-0.05, 0) is 89.9 Å². The van der Waals surface area contributed by atoms with Gasteiger partial charge in [0.05, 0.1) is 16.1 Å². The molecule has 37 heavy (non-hydrogen) atoms. The highest BCUT2D eigenvalue weighted by Gasteiger charge is 2.37. The number of fused-ring (bicyclic) bond motifs is 2. The van der Waals surface area contributed by atoms with Gasteiger partial charge in [-0.1, -0.05) is 0 Å². The summed E-state index contributed by atoms with van der Waals surface area (Å²) in [5, 5.41) is 0.965. The molecule has 6 nitrogen and oxygen atoms in total. The number of aromatic amines is 2. The third-order valence-corrected chi connectivity index (χ3v) is 8.39. The summed E-state index contributed by atoms with van der Waals surface area (Å²) >= 11 is 0. The summed E-state index contributed by atoms with van der Waals surface area (Å²) in [5.41, 5.74) is 2.24. The number of aromatic nitrogens is 2. The van der Waals surface area contributed by atoms with Crippen LogP contribution in [0.5, 0.6) is 0 Å². The molecule has 3 aromatic carbocycles. The van der Waals surface area contributed by atoms with Crippen LogP contribution >= 0.6 is 0 Å². The van der Waals surface area contributed by atoms with E-state index in [-0.39, 0.29) is 27.9 Å². The van der Waals surface area contributed by atoms with E-state index in [0.717, 1.165) is 6.07 Å².